The third kappa shape index (κ3) is 3.29. The van der Waals surface area contributed by atoms with Crippen molar-refractivity contribution in [1.29, 1.82) is 0 Å². The lowest BCUT2D eigenvalue weighted by Gasteiger charge is -2.37. The number of para-hydroxylation sites is 1. The smallest absolute Gasteiger partial charge is 0.335 e. The summed E-state index contributed by atoms with van der Waals surface area (Å²) in [6, 6.07) is 6.01. The molecule has 1 saturated carbocycles. The van der Waals surface area contributed by atoms with Gasteiger partial charge in [0.05, 0.1) is 12.4 Å². The molecule has 1 aromatic rings. The third-order valence-electron chi connectivity index (χ3n) is 5.68. The van der Waals surface area contributed by atoms with Crippen LogP contribution >= 0.6 is 0 Å². The minimum atomic E-state index is -0.733. The number of amides is 4. The molecule has 2 saturated heterocycles. The molecule has 0 aromatic heterocycles. The molecule has 8 heteroatoms. The lowest BCUT2D eigenvalue weighted by atomic mass is 10.2. The van der Waals surface area contributed by atoms with Crippen molar-refractivity contribution < 1.29 is 18.8 Å². The van der Waals surface area contributed by atoms with Gasteiger partial charge in [0.1, 0.15) is 5.82 Å². The number of anilines is 1. The number of urea groups is 1. The Morgan fingerprint density at radius 2 is 1.59 bits per heavy atom. The molecule has 7 nitrogen and oxygen atoms in total. The number of hydrogen-bond acceptors (Lipinski definition) is 5. The molecule has 2 heterocycles. The zero-order valence-corrected chi connectivity index (χ0v) is 15.1. The van der Waals surface area contributed by atoms with Crippen LogP contribution in [0.4, 0.5) is 14.9 Å². The number of nitrogens with zero attached hydrogens (tertiary/aromatic N) is 4. The molecule has 2 aliphatic heterocycles. The van der Waals surface area contributed by atoms with Crippen molar-refractivity contribution in [3.63, 3.8) is 0 Å². The van der Waals surface area contributed by atoms with Gasteiger partial charge in [0.15, 0.2) is 0 Å². The van der Waals surface area contributed by atoms with Gasteiger partial charge in [0, 0.05) is 32.2 Å². The summed E-state index contributed by atoms with van der Waals surface area (Å²) in [7, 11) is 0. The molecule has 3 aliphatic rings. The van der Waals surface area contributed by atoms with Crippen LogP contribution in [0, 0.1) is 5.82 Å². The fraction of sp³-hybridized carbons (Fsp3) is 0.526. The van der Waals surface area contributed by atoms with E-state index in [1.54, 1.807) is 18.2 Å². The monoisotopic (exact) mass is 374 g/mol. The topological polar surface area (TPSA) is 64.2 Å². The number of carbonyl (C=O) groups excluding carboxylic acids is 3. The number of halogens is 1. The average molecular weight is 374 g/mol. The summed E-state index contributed by atoms with van der Waals surface area (Å²) in [5.41, 5.74) is 0.563. The quantitative estimate of drug-likeness (QED) is 0.592. The highest BCUT2D eigenvalue weighted by Gasteiger charge is 2.48. The Morgan fingerprint density at radius 3 is 2.26 bits per heavy atom. The normalized spacial score (nSPS) is 22.4. The number of piperazine rings is 1. The minimum Gasteiger partial charge on any atom is -0.367 e. The van der Waals surface area contributed by atoms with E-state index in [-0.39, 0.29) is 18.5 Å². The SMILES string of the molecule is O=C1C(=O)N(C2CCCC2)C(=O)N1CN1CCN(c2ccccc2F)CC1. The van der Waals surface area contributed by atoms with Gasteiger partial charge in [-0.2, -0.15) is 0 Å². The molecule has 0 spiro atoms. The van der Waals surface area contributed by atoms with Crippen LogP contribution in [0.3, 0.4) is 0 Å². The van der Waals surface area contributed by atoms with Crippen LogP contribution in [-0.2, 0) is 9.59 Å². The van der Waals surface area contributed by atoms with Gasteiger partial charge < -0.3 is 4.90 Å². The van der Waals surface area contributed by atoms with E-state index in [1.807, 2.05) is 9.80 Å². The first-order valence-corrected chi connectivity index (χ1v) is 9.47. The van der Waals surface area contributed by atoms with E-state index in [0.29, 0.717) is 31.9 Å². The fourth-order valence-electron chi connectivity index (χ4n) is 4.17. The average Bonchev–Trinajstić information content (AvgIpc) is 3.26. The number of carbonyl (C=O) groups is 3. The highest BCUT2D eigenvalue weighted by molar-refractivity contribution is 6.44. The molecular formula is C19H23FN4O3. The van der Waals surface area contributed by atoms with E-state index >= 15 is 0 Å². The lowest BCUT2D eigenvalue weighted by molar-refractivity contribution is -0.144. The van der Waals surface area contributed by atoms with Crippen molar-refractivity contribution >= 4 is 23.5 Å². The van der Waals surface area contributed by atoms with Crippen molar-refractivity contribution in [2.24, 2.45) is 0 Å². The first-order valence-electron chi connectivity index (χ1n) is 9.47. The maximum atomic E-state index is 13.9. The van der Waals surface area contributed by atoms with Crippen molar-refractivity contribution in [2.45, 2.75) is 31.7 Å². The van der Waals surface area contributed by atoms with Gasteiger partial charge in [-0.1, -0.05) is 25.0 Å². The highest BCUT2D eigenvalue weighted by Crippen LogP contribution is 2.28. The lowest BCUT2D eigenvalue weighted by Crippen LogP contribution is -2.51. The van der Waals surface area contributed by atoms with Crippen molar-refractivity contribution in [1.82, 2.24) is 14.7 Å². The maximum Gasteiger partial charge on any atom is 0.335 e. The summed E-state index contributed by atoms with van der Waals surface area (Å²) >= 11 is 0. The van der Waals surface area contributed by atoms with Gasteiger partial charge in [0.25, 0.3) is 0 Å². The van der Waals surface area contributed by atoms with Crippen LogP contribution in [0.2, 0.25) is 0 Å². The van der Waals surface area contributed by atoms with E-state index in [2.05, 4.69) is 0 Å². The standard InChI is InChI=1S/C19H23FN4O3/c20-15-7-3-4-8-16(15)22-11-9-21(10-12-22)13-23-17(25)18(26)24(19(23)27)14-5-1-2-6-14/h3-4,7-8,14H,1-2,5-6,9-13H2. The molecule has 0 atom stereocenters. The number of imide groups is 2. The van der Waals surface area contributed by atoms with Crippen LogP contribution in [0.15, 0.2) is 24.3 Å². The second-order valence-electron chi connectivity index (χ2n) is 7.33. The van der Waals surface area contributed by atoms with Crippen LogP contribution in [0.5, 0.6) is 0 Å². The Labute approximate surface area is 157 Å². The van der Waals surface area contributed by atoms with Crippen molar-refractivity contribution in [2.75, 3.05) is 37.7 Å². The minimum absolute atomic E-state index is 0.109. The number of rotatable bonds is 4. The fourth-order valence-corrected chi connectivity index (χ4v) is 4.17. The molecule has 1 aromatic carbocycles. The van der Waals surface area contributed by atoms with Crippen molar-refractivity contribution in [3.05, 3.63) is 30.1 Å². The molecule has 0 bridgehead atoms. The summed E-state index contributed by atoms with van der Waals surface area (Å²) in [4.78, 5) is 43.4. The predicted octanol–water partition coefficient (Wildman–Crippen LogP) is 1.64. The largest absolute Gasteiger partial charge is 0.367 e. The molecular weight excluding hydrogens is 351 g/mol. The summed E-state index contributed by atoms with van der Waals surface area (Å²) in [6.07, 6.45) is 3.52. The number of benzene rings is 1. The van der Waals surface area contributed by atoms with Gasteiger partial charge in [-0.25, -0.2) is 14.1 Å². The first-order chi connectivity index (χ1) is 13.1. The van der Waals surface area contributed by atoms with Gasteiger partial charge in [-0.3, -0.25) is 19.4 Å². The van der Waals surface area contributed by atoms with Crippen LogP contribution in [0.1, 0.15) is 25.7 Å². The summed E-state index contributed by atoms with van der Waals surface area (Å²) < 4.78 is 13.9. The predicted molar refractivity (Wildman–Crippen MR) is 96.4 cm³/mol. The molecule has 3 fully saturated rings. The Balaban J connectivity index is 1.37. The third-order valence-corrected chi connectivity index (χ3v) is 5.68. The molecule has 144 valence electrons. The van der Waals surface area contributed by atoms with Gasteiger partial charge in [0.2, 0.25) is 0 Å². The Bertz CT molecular complexity index is 757. The van der Waals surface area contributed by atoms with Crippen LogP contribution < -0.4 is 4.90 Å². The van der Waals surface area contributed by atoms with Gasteiger partial charge in [-0.05, 0) is 25.0 Å². The molecule has 0 unspecified atom stereocenters. The maximum absolute atomic E-state index is 13.9. The summed E-state index contributed by atoms with van der Waals surface area (Å²) in [6.45, 7) is 2.47. The zero-order chi connectivity index (χ0) is 19.0. The van der Waals surface area contributed by atoms with Crippen LogP contribution in [0.25, 0.3) is 0 Å². The zero-order valence-electron chi connectivity index (χ0n) is 15.1. The summed E-state index contributed by atoms with van der Waals surface area (Å²) in [5, 5.41) is 0. The van der Waals surface area contributed by atoms with E-state index in [9.17, 15) is 18.8 Å². The second-order valence-corrected chi connectivity index (χ2v) is 7.33. The Morgan fingerprint density at radius 1 is 0.926 bits per heavy atom. The molecule has 4 amide bonds. The van der Waals surface area contributed by atoms with Gasteiger partial charge >= 0.3 is 17.8 Å². The molecule has 1 aliphatic carbocycles. The highest BCUT2D eigenvalue weighted by atomic mass is 19.1. The molecule has 0 N–H and O–H groups in total. The van der Waals surface area contributed by atoms with E-state index in [1.165, 1.54) is 6.07 Å². The number of hydrogen-bond donors (Lipinski definition) is 0. The molecule has 0 radical (unpaired) electrons. The second kappa shape index (κ2) is 7.26. The Hall–Kier alpha value is -2.48. The van der Waals surface area contributed by atoms with Gasteiger partial charge in [-0.15, -0.1) is 0 Å². The molecule has 27 heavy (non-hydrogen) atoms. The van der Waals surface area contributed by atoms with E-state index in [4.69, 9.17) is 0 Å². The molecule has 4 rings (SSSR count). The Kier molecular flexibility index (Phi) is 4.82. The van der Waals surface area contributed by atoms with E-state index in [0.717, 1.165) is 35.5 Å². The first kappa shape index (κ1) is 17.9. The van der Waals surface area contributed by atoms with Crippen molar-refractivity contribution in [3.8, 4) is 0 Å². The van der Waals surface area contributed by atoms with Crippen LogP contribution in [-0.4, -0.2) is 71.4 Å². The van der Waals surface area contributed by atoms with E-state index < -0.39 is 17.8 Å². The summed E-state index contributed by atoms with van der Waals surface area (Å²) in [5.74, 6) is -1.69.